The summed E-state index contributed by atoms with van der Waals surface area (Å²) in [6.45, 7) is 0.961. The zero-order valence-electron chi connectivity index (χ0n) is 11.3. The van der Waals surface area contributed by atoms with E-state index in [0.29, 0.717) is 6.42 Å². The summed E-state index contributed by atoms with van der Waals surface area (Å²) in [6, 6.07) is 10.4. The van der Waals surface area contributed by atoms with Gasteiger partial charge in [0.2, 0.25) is 0 Å². The number of nitrogens with zero attached hydrogens (tertiary/aromatic N) is 4. The zero-order chi connectivity index (χ0) is 13.8. The Balaban J connectivity index is 1.81. The highest BCUT2D eigenvalue weighted by molar-refractivity contribution is 5.55. The van der Waals surface area contributed by atoms with Crippen molar-refractivity contribution in [3.8, 4) is 17.5 Å². The maximum atomic E-state index is 8.94. The maximum Gasteiger partial charge on any atom is 0.151 e. The summed E-state index contributed by atoms with van der Waals surface area (Å²) in [5.41, 5.74) is 1.81. The highest BCUT2D eigenvalue weighted by Crippen LogP contribution is 2.25. The van der Waals surface area contributed by atoms with Crippen LogP contribution in [0.3, 0.4) is 0 Å². The van der Waals surface area contributed by atoms with Crippen molar-refractivity contribution in [2.45, 2.75) is 31.7 Å². The van der Waals surface area contributed by atoms with Crippen molar-refractivity contribution < 1.29 is 0 Å². The second kappa shape index (κ2) is 5.74. The molecule has 0 radical (unpaired) electrons. The normalized spacial score (nSPS) is 18.8. The van der Waals surface area contributed by atoms with Crippen molar-refractivity contribution in [2.75, 3.05) is 11.4 Å². The van der Waals surface area contributed by atoms with Crippen LogP contribution in [0.4, 0.5) is 5.82 Å². The van der Waals surface area contributed by atoms with Gasteiger partial charge in [-0.2, -0.15) is 5.26 Å². The van der Waals surface area contributed by atoms with Gasteiger partial charge >= 0.3 is 0 Å². The lowest BCUT2D eigenvalue weighted by Crippen LogP contribution is -2.40. The lowest BCUT2D eigenvalue weighted by Gasteiger charge is -2.35. The Hall–Kier alpha value is -2.35. The molecule has 0 saturated carbocycles. The van der Waals surface area contributed by atoms with Gasteiger partial charge in [-0.05, 0) is 43.5 Å². The summed E-state index contributed by atoms with van der Waals surface area (Å²) in [7, 11) is 0. The largest absolute Gasteiger partial charge is 0.360 e. The average Bonchev–Trinajstić information content (AvgIpc) is 3.03. The SMILES string of the molecule is N#CCC1CCCCN1c1ccc(-c2ccc[nH]2)nn1. The quantitative estimate of drug-likeness (QED) is 0.928. The highest BCUT2D eigenvalue weighted by Gasteiger charge is 2.23. The Morgan fingerprint density at radius 2 is 2.25 bits per heavy atom. The van der Waals surface area contributed by atoms with E-state index >= 15 is 0 Å². The average molecular weight is 267 g/mol. The van der Waals surface area contributed by atoms with Gasteiger partial charge in [-0.1, -0.05) is 0 Å². The fourth-order valence-electron chi connectivity index (χ4n) is 2.73. The van der Waals surface area contributed by atoms with Crippen LogP contribution in [0, 0.1) is 11.3 Å². The third-order valence-electron chi connectivity index (χ3n) is 3.77. The van der Waals surface area contributed by atoms with Gasteiger partial charge < -0.3 is 9.88 Å². The minimum absolute atomic E-state index is 0.277. The van der Waals surface area contributed by atoms with Crippen LogP contribution in [-0.2, 0) is 0 Å². The van der Waals surface area contributed by atoms with Gasteiger partial charge in [-0.25, -0.2) is 0 Å². The third kappa shape index (κ3) is 2.50. The van der Waals surface area contributed by atoms with Crippen LogP contribution in [0.2, 0.25) is 0 Å². The molecule has 3 heterocycles. The van der Waals surface area contributed by atoms with Gasteiger partial charge in [0.15, 0.2) is 5.82 Å². The number of hydrogen-bond acceptors (Lipinski definition) is 4. The van der Waals surface area contributed by atoms with Crippen molar-refractivity contribution in [3.05, 3.63) is 30.5 Å². The van der Waals surface area contributed by atoms with Gasteiger partial charge in [-0.15, -0.1) is 10.2 Å². The topological polar surface area (TPSA) is 68.6 Å². The molecule has 3 rings (SSSR count). The Morgan fingerprint density at radius 1 is 1.30 bits per heavy atom. The monoisotopic (exact) mass is 267 g/mol. The molecule has 1 saturated heterocycles. The van der Waals surface area contributed by atoms with Crippen LogP contribution < -0.4 is 4.90 Å². The van der Waals surface area contributed by atoms with Crippen molar-refractivity contribution in [1.29, 1.82) is 5.26 Å². The Kier molecular flexibility index (Phi) is 3.64. The molecule has 1 unspecified atom stereocenters. The van der Waals surface area contributed by atoms with Crippen LogP contribution in [0.25, 0.3) is 11.4 Å². The smallest absolute Gasteiger partial charge is 0.151 e. The lowest BCUT2D eigenvalue weighted by atomic mass is 10.00. The molecular formula is C15H17N5. The summed E-state index contributed by atoms with van der Waals surface area (Å²) in [4.78, 5) is 5.34. The molecule has 0 amide bonds. The molecule has 5 heteroatoms. The number of aromatic amines is 1. The van der Waals surface area contributed by atoms with Gasteiger partial charge in [0.05, 0.1) is 18.2 Å². The number of piperidine rings is 1. The predicted molar refractivity (Wildman–Crippen MR) is 77.0 cm³/mol. The molecule has 5 nitrogen and oxygen atoms in total. The molecule has 1 aliphatic rings. The number of rotatable bonds is 3. The van der Waals surface area contributed by atoms with E-state index in [9.17, 15) is 0 Å². The second-order valence-corrected chi connectivity index (χ2v) is 5.07. The summed E-state index contributed by atoms with van der Waals surface area (Å²) < 4.78 is 0. The van der Waals surface area contributed by atoms with Crippen LogP contribution in [-0.4, -0.2) is 27.8 Å². The van der Waals surface area contributed by atoms with Crippen LogP contribution in [0.15, 0.2) is 30.5 Å². The van der Waals surface area contributed by atoms with Gasteiger partial charge in [0.25, 0.3) is 0 Å². The van der Waals surface area contributed by atoms with Crippen LogP contribution in [0.1, 0.15) is 25.7 Å². The molecule has 0 spiro atoms. The molecule has 2 aromatic heterocycles. The van der Waals surface area contributed by atoms with Crippen LogP contribution >= 0.6 is 0 Å². The van der Waals surface area contributed by atoms with E-state index in [1.54, 1.807) is 0 Å². The molecule has 20 heavy (non-hydrogen) atoms. The number of nitrogens with one attached hydrogen (secondary N) is 1. The standard InChI is InChI=1S/C15H17N5/c16-9-8-12-4-1-2-11-20(12)15-7-6-14(18-19-15)13-5-3-10-17-13/h3,5-7,10,12,17H,1-2,4,8,11H2. The van der Waals surface area contributed by atoms with Gasteiger partial charge in [-0.3, -0.25) is 0 Å². The Labute approximate surface area is 118 Å². The first-order valence-corrected chi connectivity index (χ1v) is 6.99. The third-order valence-corrected chi connectivity index (χ3v) is 3.77. The summed E-state index contributed by atoms with van der Waals surface area (Å²) >= 11 is 0. The number of H-pyrrole nitrogens is 1. The first-order valence-electron chi connectivity index (χ1n) is 6.99. The van der Waals surface area contributed by atoms with E-state index in [-0.39, 0.29) is 6.04 Å². The Bertz CT molecular complexity index is 582. The maximum absolute atomic E-state index is 8.94. The van der Waals surface area contributed by atoms with E-state index in [1.165, 1.54) is 6.42 Å². The molecule has 1 fully saturated rings. The van der Waals surface area contributed by atoms with Crippen molar-refractivity contribution in [1.82, 2.24) is 15.2 Å². The van der Waals surface area contributed by atoms with E-state index in [2.05, 4.69) is 26.2 Å². The van der Waals surface area contributed by atoms with E-state index in [4.69, 9.17) is 5.26 Å². The number of aromatic nitrogens is 3. The minimum atomic E-state index is 0.277. The molecule has 0 bridgehead atoms. The van der Waals surface area contributed by atoms with E-state index in [0.717, 1.165) is 36.6 Å². The number of anilines is 1. The summed E-state index contributed by atoms with van der Waals surface area (Å²) in [6.07, 6.45) is 5.84. The van der Waals surface area contributed by atoms with E-state index < -0.39 is 0 Å². The first-order chi connectivity index (χ1) is 9.88. The fraction of sp³-hybridized carbons (Fsp3) is 0.400. The van der Waals surface area contributed by atoms with Gasteiger partial charge in [0.1, 0.15) is 5.69 Å². The highest BCUT2D eigenvalue weighted by atomic mass is 15.3. The zero-order valence-corrected chi connectivity index (χ0v) is 11.3. The molecule has 1 aliphatic heterocycles. The fourth-order valence-corrected chi connectivity index (χ4v) is 2.73. The molecule has 0 aliphatic carbocycles. The predicted octanol–water partition coefficient (Wildman–Crippen LogP) is 2.74. The second-order valence-electron chi connectivity index (χ2n) is 5.07. The molecular weight excluding hydrogens is 250 g/mol. The van der Waals surface area contributed by atoms with Gasteiger partial charge in [0, 0.05) is 18.8 Å². The number of hydrogen-bond donors (Lipinski definition) is 1. The summed E-state index contributed by atoms with van der Waals surface area (Å²) in [5, 5.41) is 17.6. The van der Waals surface area contributed by atoms with Crippen molar-refractivity contribution in [3.63, 3.8) is 0 Å². The number of nitriles is 1. The molecule has 1 atom stereocenters. The Morgan fingerprint density at radius 3 is 2.95 bits per heavy atom. The summed E-state index contributed by atoms with van der Waals surface area (Å²) in [5.74, 6) is 0.875. The van der Waals surface area contributed by atoms with Crippen molar-refractivity contribution >= 4 is 5.82 Å². The van der Waals surface area contributed by atoms with Crippen LogP contribution in [0.5, 0.6) is 0 Å². The minimum Gasteiger partial charge on any atom is -0.360 e. The molecule has 102 valence electrons. The van der Waals surface area contributed by atoms with E-state index in [1.807, 2.05) is 30.5 Å². The van der Waals surface area contributed by atoms with Crippen molar-refractivity contribution in [2.24, 2.45) is 0 Å². The molecule has 0 aromatic carbocycles. The first kappa shape index (κ1) is 12.7. The molecule has 2 aromatic rings. The molecule has 1 N–H and O–H groups in total. The lowest BCUT2D eigenvalue weighted by molar-refractivity contribution is 0.460.